The summed E-state index contributed by atoms with van der Waals surface area (Å²) in [5.41, 5.74) is 0.584. The molecule has 132 valence electrons. The lowest BCUT2D eigenvalue weighted by Gasteiger charge is -2.30. The molecule has 0 spiro atoms. The van der Waals surface area contributed by atoms with Crippen molar-refractivity contribution in [3.05, 3.63) is 60.2 Å². The molecule has 0 radical (unpaired) electrons. The summed E-state index contributed by atoms with van der Waals surface area (Å²) < 4.78 is 30.5. The van der Waals surface area contributed by atoms with E-state index in [1.807, 2.05) is 30.3 Å². The number of sulfonamides is 1. The number of piperidine rings is 1. The van der Waals surface area contributed by atoms with Crippen LogP contribution in [0, 0.1) is 5.92 Å². The van der Waals surface area contributed by atoms with Gasteiger partial charge in [0.25, 0.3) is 0 Å². The van der Waals surface area contributed by atoms with Crippen molar-refractivity contribution in [1.29, 1.82) is 0 Å². The Hall–Kier alpha value is -2.18. The van der Waals surface area contributed by atoms with Gasteiger partial charge in [0.05, 0.1) is 6.26 Å². The molecule has 3 rings (SSSR count). The average molecular weight is 359 g/mol. The molecule has 0 N–H and O–H groups in total. The number of benzene rings is 2. The van der Waals surface area contributed by atoms with Crippen molar-refractivity contribution in [2.24, 2.45) is 5.92 Å². The highest BCUT2D eigenvalue weighted by atomic mass is 32.2. The van der Waals surface area contributed by atoms with Gasteiger partial charge in [-0.1, -0.05) is 18.2 Å². The third-order valence-electron chi connectivity index (χ3n) is 4.34. The van der Waals surface area contributed by atoms with Crippen LogP contribution >= 0.6 is 0 Å². The molecule has 0 aliphatic carbocycles. The SMILES string of the molecule is CS(=O)(=O)N1CCC[C@H](C(=O)c2ccc(Oc3ccccc3)cc2)C1. The van der Waals surface area contributed by atoms with Crippen LogP contribution in [-0.4, -0.2) is 37.9 Å². The molecule has 1 aliphatic heterocycles. The summed E-state index contributed by atoms with van der Waals surface area (Å²) in [5.74, 6) is 1.09. The van der Waals surface area contributed by atoms with E-state index in [0.717, 1.165) is 5.75 Å². The lowest BCUT2D eigenvalue weighted by Crippen LogP contribution is -2.41. The van der Waals surface area contributed by atoms with Crippen molar-refractivity contribution < 1.29 is 17.9 Å². The molecule has 0 saturated carbocycles. The summed E-state index contributed by atoms with van der Waals surface area (Å²) >= 11 is 0. The van der Waals surface area contributed by atoms with Crippen molar-refractivity contribution >= 4 is 15.8 Å². The fraction of sp³-hybridized carbons (Fsp3) is 0.316. The molecule has 0 bridgehead atoms. The second-order valence-corrected chi connectivity index (χ2v) is 8.25. The van der Waals surface area contributed by atoms with Gasteiger partial charge < -0.3 is 4.74 Å². The standard InChI is InChI=1S/C19H21NO4S/c1-25(22,23)20-13-5-6-16(14-20)19(21)15-9-11-18(12-10-15)24-17-7-3-2-4-8-17/h2-4,7-12,16H,5-6,13-14H2,1H3/t16-/m0/s1. The third kappa shape index (κ3) is 4.46. The van der Waals surface area contributed by atoms with Crippen molar-refractivity contribution in [1.82, 2.24) is 4.31 Å². The Labute approximate surface area is 148 Å². The minimum absolute atomic E-state index is 0.0142. The Morgan fingerprint density at radius 2 is 1.68 bits per heavy atom. The van der Waals surface area contributed by atoms with Gasteiger partial charge in [-0.25, -0.2) is 12.7 Å². The Kier molecular flexibility index (Phi) is 5.20. The highest BCUT2D eigenvalue weighted by Gasteiger charge is 2.30. The largest absolute Gasteiger partial charge is 0.457 e. The Balaban J connectivity index is 1.68. The van der Waals surface area contributed by atoms with Crippen LogP contribution in [0.5, 0.6) is 11.5 Å². The van der Waals surface area contributed by atoms with Gasteiger partial charge in [-0.2, -0.15) is 0 Å². The number of ketones is 1. The number of para-hydroxylation sites is 1. The highest BCUT2D eigenvalue weighted by Crippen LogP contribution is 2.25. The van der Waals surface area contributed by atoms with E-state index in [1.165, 1.54) is 10.6 Å². The zero-order valence-corrected chi connectivity index (χ0v) is 14.9. The summed E-state index contributed by atoms with van der Waals surface area (Å²) in [4.78, 5) is 12.7. The van der Waals surface area contributed by atoms with Crippen LogP contribution in [-0.2, 0) is 10.0 Å². The third-order valence-corrected chi connectivity index (χ3v) is 5.61. The molecule has 1 fully saturated rings. The fourth-order valence-corrected chi connectivity index (χ4v) is 3.92. The minimum Gasteiger partial charge on any atom is -0.457 e. The first-order chi connectivity index (χ1) is 11.9. The van der Waals surface area contributed by atoms with Gasteiger partial charge in [0, 0.05) is 24.6 Å². The summed E-state index contributed by atoms with van der Waals surface area (Å²) in [7, 11) is -3.25. The van der Waals surface area contributed by atoms with E-state index in [2.05, 4.69) is 0 Å². The van der Waals surface area contributed by atoms with Gasteiger partial charge in [0.2, 0.25) is 10.0 Å². The number of hydrogen-bond donors (Lipinski definition) is 0. The number of rotatable bonds is 5. The number of ether oxygens (including phenoxy) is 1. The first kappa shape index (κ1) is 17.6. The summed E-state index contributed by atoms with van der Waals surface area (Å²) in [6.45, 7) is 0.756. The molecule has 6 heteroatoms. The minimum atomic E-state index is -3.25. The van der Waals surface area contributed by atoms with Crippen LogP contribution in [0.25, 0.3) is 0 Å². The number of hydrogen-bond acceptors (Lipinski definition) is 4. The van der Waals surface area contributed by atoms with E-state index >= 15 is 0 Å². The molecule has 2 aromatic carbocycles. The molecule has 1 aliphatic rings. The van der Waals surface area contributed by atoms with Crippen LogP contribution in [0.15, 0.2) is 54.6 Å². The predicted molar refractivity (Wildman–Crippen MR) is 96.4 cm³/mol. The summed E-state index contributed by atoms with van der Waals surface area (Å²) in [6.07, 6.45) is 2.61. The molecule has 25 heavy (non-hydrogen) atoms. The van der Waals surface area contributed by atoms with Gasteiger partial charge in [-0.15, -0.1) is 0 Å². The number of nitrogens with zero attached hydrogens (tertiary/aromatic N) is 1. The van der Waals surface area contributed by atoms with Gasteiger partial charge in [-0.05, 0) is 49.2 Å². The quantitative estimate of drug-likeness (QED) is 0.768. The first-order valence-electron chi connectivity index (χ1n) is 8.26. The monoisotopic (exact) mass is 359 g/mol. The molecule has 2 aromatic rings. The second-order valence-electron chi connectivity index (χ2n) is 6.26. The Bertz CT molecular complexity index is 831. The lowest BCUT2D eigenvalue weighted by atomic mass is 9.91. The Morgan fingerprint density at radius 1 is 1.04 bits per heavy atom. The Morgan fingerprint density at radius 3 is 2.32 bits per heavy atom. The molecule has 1 heterocycles. The van der Waals surface area contributed by atoms with Crippen LogP contribution in [0.3, 0.4) is 0 Å². The molecule has 5 nitrogen and oxygen atoms in total. The second kappa shape index (κ2) is 7.37. The molecule has 0 aromatic heterocycles. The van der Waals surface area contributed by atoms with E-state index in [1.54, 1.807) is 24.3 Å². The smallest absolute Gasteiger partial charge is 0.211 e. The highest BCUT2D eigenvalue weighted by molar-refractivity contribution is 7.88. The molecular formula is C19H21NO4S. The normalized spacial score (nSPS) is 18.7. The van der Waals surface area contributed by atoms with E-state index in [9.17, 15) is 13.2 Å². The van der Waals surface area contributed by atoms with Gasteiger partial charge in [0.15, 0.2) is 5.78 Å². The number of carbonyl (C=O) groups excluding carboxylic acids is 1. The first-order valence-corrected chi connectivity index (χ1v) is 10.1. The summed E-state index contributed by atoms with van der Waals surface area (Å²) in [5, 5.41) is 0. The van der Waals surface area contributed by atoms with Crippen LogP contribution < -0.4 is 4.74 Å². The zero-order chi connectivity index (χ0) is 17.9. The predicted octanol–water partition coefficient (Wildman–Crippen LogP) is 3.33. The molecule has 0 unspecified atom stereocenters. The van der Waals surface area contributed by atoms with E-state index in [0.29, 0.717) is 30.7 Å². The maximum atomic E-state index is 12.7. The topological polar surface area (TPSA) is 63.7 Å². The maximum Gasteiger partial charge on any atom is 0.211 e. The van der Waals surface area contributed by atoms with Gasteiger partial charge in [-0.3, -0.25) is 4.79 Å². The van der Waals surface area contributed by atoms with E-state index < -0.39 is 10.0 Å². The van der Waals surface area contributed by atoms with Crippen LogP contribution in [0.2, 0.25) is 0 Å². The van der Waals surface area contributed by atoms with E-state index in [4.69, 9.17) is 4.74 Å². The van der Waals surface area contributed by atoms with E-state index in [-0.39, 0.29) is 18.2 Å². The summed E-state index contributed by atoms with van der Waals surface area (Å²) in [6, 6.07) is 16.4. The molecule has 1 atom stereocenters. The van der Waals surface area contributed by atoms with Crippen molar-refractivity contribution in [3.63, 3.8) is 0 Å². The zero-order valence-electron chi connectivity index (χ0n) is 14.1. The number of carbonyl (C=O) groups is 1. The van der Waals surface area contributed by atoms with Gasteiger partial charge in [0.1, 0.15) is 11.5 Å². The van der Waals surface area contributed by atoms with Crippen LogP contribution in [0.4, 0.5) is 0 Å². The van der Waals surface area contributed by atoms with Crippen molar-refractivity contribution in [2.45, 2.75) is 12.8 Å². The molecule has 0 amide bonds. The lowest BCUT2D eigenvalue weighted by molar-refractivity contribution is 0.0873. The van der Waals surface area contributed by atoms with Crippen LogP contribution in [0.1, 0.15) is 23.2 Å². The van der Waals surface area contributed by atoms with Crippen molar-refractivity contribution in [3.8, 4) is 11.5 Å². The fourth-order valence-electron chi connectivity index (χ4n) is 3.01. The maximum absolute atomic E-state index is 12.7. The van der Waals surface area contributed by atoms with Gasteiger partial charge >= 0.3 is 0 Å². The van der Waals surface area contributed by atoms with Crippen molar-refractivity contribution in [2.75, 3.05) is 19.3 Å². The number of Topliss-reactive ketones (excluding diaryl/α,β-unsaturated/α-hetero) is 1. The molecular weight excluding hydrogens is 338 g/mol. The average Bonchev–Trinajstić information content (AvgIpc) is 2.62. The molecule has 1 saturated heterocycles.